The summed E-state index contributed by atoms with van der Waals surface area (Å²) < 4.78 is 39.9. The highest BCUT2D eigenvalue weighted by molar-refractivity contribution is 7.89. The summed E-state index contributed by atoms with van der Waals surface area (Å²) in [7, 11) is -3.69. The van der Waals surface area contributed by atoms with E-state index in [-0.39, 0.29) is 9.92 Å². The van der Waals surface area contributed by atoms with Gasteiger partial charge in [-0.1, -0.05) is 11.6 Å². The van der Waals surface area contributed by atoms with Crippen molar-refractivity contribution in [2.75, 3.05) is 13.1 Å². The van der Waals surface area contributed by atoms with Gasteiger partial charge in [-0.05, 0) is 38.0 Å². The van der Waals surface area contributed by atoms with Crippen molar-refractivity contribution in [2.24, 2.45) is 0 Å². The molecule has 1 aliphatic heterocycles. The lowest BCUT2D eigenvalue weighted by Gasteiger charge is -2.30. The van der Waals surface area contributed by atoms with Gasteiger partial charge in [-0.3, -0.25) is 0 Å². The van der Waals surface area contributed by atoms with Crippen molar-refractivity contribution in [1.29, 1.82) is 0 Å². The Bertz CT molecular complexity index is 815. The van der Waals surface area contributed by atoms with Gasteiger partial charge in [0.05, 0.1) is 10.0 Å². The smallest absolute Gasteiger partial charge is 0.244 e. The Kier molecular flexibility index (Phi) is 4.73. The second-order valence-corrected chi connectivity index (χ2v) is 8.78. The Hall–Kier alpha value is -1.02. The molecule has 0 bridgehead atoms. The Labute approximate surface area is 144 Å². The van der Waals surface area contributed by atoms with Crippen LogP contribution in [0.2, 0.25) is 5.02 Å². The molecule has 0 atom stereocenters. The number of hydrogen-bond acceptors (Lipinski definition) is 4. The van der Waals surface area contributed by atoms with E-state index < -0.39 is 15.8 Å². The van der Waals surface area contributed by atoms with Gasteiger partial charge in [-0.2, -0.15) is 4.31 Å². The number of halogens is 2. The number of aryl methyl sites for hydroxylation is 1. The van der Waals surface area contributed by atoms with E-state index >= 15 is 0 Å². The van der Waals surface area contributed by atoms with E-state index in [1.54, 1.807) is 11.3 Å². The first-order valence-corrected chi connectivity index (χ1v) is 9.95. The largest absolute Gasteiger partial charge is 0.246 e. The summed E-state index contributed by atoms with van der Waals surface area (Å²) >= 11 is 7.53. The average Bonchev–Trinajstić information content (AvgIpc) is 2.93. The molecule has 0 N–H and O–H groups in total. The third-order valence-corrected chi connectivity index (χ3v) is 7.46. The average molecular weight is 375 g/mol. The van der Waals surface area contributed by atoms with Crippen LogP contribution in [-0.4, -0.2) is 30.8 Å². The standard InChI is InChI=1S/C15H16ClFN2O2S2/c1-10-9-22-15(18-10)11-4-6-19(7-5-11)23(20,21)14-3-2-12(17)8-13(14)16/h2-3,8-9,11H,4-7H2,1H3. The van der Waals surface area contributed by atoms with Crippen LogP contribution in [0.4, 0.5) is 4.39 Å². The van der Waals surface area contributed by atoms with E-state index in [4.69, 9.17) is 11.6 Å². The number of thiazole rings is 1. The third-order valence-electron chi connectivity index (χ3n) is 3.95. The second kappa shape index (κ2) is 6.47. The molecule has 2 heterocycles. The number of piperidine rings is 1. The molecule has 1 saturated heterocycles. The van der Waals surface area contributed by atoms with Crippen LogP contribution < -0.4 is 0 Å². The van der Waals surface area contributed by atoms with Crippen LogP contribution in [0.3, 0.4) is 0 Å². The van der Waals surface area contributed by atoms with Crippen molar-refractivity contribution < 1.29 is 12.8 Å². The minimum atomic E-state index is -3.69. The van der Waals surface area contributed by atoms with Gasteiger partial charge in [0.15, 0.2) is 0 Å². The maximum absolute atomic E-state index is 13.1. The van der Waals surface area contributed by atoms with Crippen LogP contribution in [0.15, 0.2) is 28.5 Å². The van der Waals surface area contributed by atoms with Crippen LogP contribution in [0.1, 0.15) is 29.5 Å². The topological polar surface area (TPSA) is 50.3 Å². The van der Waals surface area contributed by atoms with Gasteiger partial charge in [0, 0.05) is 30.1 Å². The molecule has 0 saturated carbocycles. The first-order chi connectivity index (χ1) is 10.9. The number of rotatable bonds is 3. The molecule has 1 aromatic heterocycles. The Morgan fingerprint density at radius 2 is 2.04 bits per heavy atom. The molecule has 1 fully saturated rings. The normalized spacial score (nSPS) is 17.5. The number of benzene rings is 1. The number of sulfonamides is 1. The van der Waals surface area contributed by atoms with Crippen LogP contribution >= 0.6 is 22.9 Å². The second-order valence-electron chi connectivity index (χ2n) is 5.58. The predicted molar refractivity (Wildman–Crippen MR) is 89.0 cm³/mol. The fraction of sp³-hybridized carbons (Fsp3) is 0.400. The molecule has 0 aliphatic carbocycles. The van der Waals surface area contributed by atoms with Gasteiger partial charge >= 0.3 is 0 Å². The summed E-state index contributed by atoms with van der Waals surface area (Å²) in [5.74, 6) is -0.254. The summed E-state index contributed by atoms with van der Waals surface area (Å²) in [5.41, 5.74) is 0.998. The van der Waals surface area contributed by atoms with Gasteiger partial charge in [-0.15, -0.1) is 11.3 Å². The number of hydrogen-bond donors (Lipinski definition) is 0. The minimum absolute atomic E-state index is 0.0379. The van der Waals surface area contributed by atoms with Gasteiger partial charge in [0.2, 0.25) is 10.0 Å². The van der Waals surface area contributed by atoms with E-state index in [0.29, 0.717) is 19.0 Å². The summed E-state index contributed by atoms with van der Waals surface area (Å²) in [5, 5.41) is 3.00. The lowest BCUT2D eigenvalue weighted by atomic mass is 9.99. The van der Waals surface area contributed by atoms with Crippen molar-refractivity contribution in [2.45, 2.75) is 30.6 Å². The zero-order valence-electron chi connectivity index (χ0n) is 12.5. The molecule has 0 spiro atoms. The fourth-order valence-electron chi connectivity index (χ4n) is 2.73. The number of nitrogens with zero attached hydrogens (tertiary/aromatic N) is 2. The zero-order valence-corrected chi connectivity index (χ0v) is 14.9. The lowest BCUT2D eigenvalue weighted by Crippen LogP contribution is -2.38. The van der Waals surface area contributed by atoms with E-state index in [1.807, 2.05) is 12.3 Å². The molecule has 0 radical (unpaired) electrons. The van der Waals surface area contributed by atoms with E-state index in [9.17, 15) is 12.8 Å². The Morgan fingerprint density at radius 1 is 1.35 bits per heavy atom. The van der Waals surface area contributed by atoms with Crippen molar-refractivity contribution in [3.63, 3.8) is 0 Å². The van der Waals surface area contributed by atoms with Gasteiger partial charge in [0.25, 0.3) is 0 Å². The molecule has 1 aliphatic rings. The van der Waals surface area contributed by atoms with Crippen LogP contribution in [0.25, 0.3) is 0 Å². The van der Waals surface area contributed by atoms with Crippen molar-refractivity contribution in [3.05, 3.63) is 45.1 Å². The van der Waals surface area contributed by atoms with Gasteiger partial charge < -0.3 is 0 Å². The molecular weight excluding hydrogens is 359 g/mol. The van der Waals surface area contributed by atoms with Crippen LogP contribution in [0, 0.1) is 12.7 Å². The fourth-order valence-corrected chi connectivity index (χ4v) is 5.67. The molecular formula is C15H16ClFN2O2S2. The minimum Gasteiger partial charge on any atom is -0.246 e. The molecule has 3 rings (SSSR count). The summed E-state index contributed by atoms with van der Waals surface area (Å²) in [4.78, 5) is 4.45. The monoisotopic (exact) mass is 374 g/mol. The van der Waals surface area contributed by atoms with Crippen LogP contribution in [-0.2, 0) is 10.0 Å². The highest BCUT2D eigenvalue weighted by Crippen LogP contribution is 2.33. The van der Waals surface area contributed by atoms with Crippen molar-refractivity contribution >= 4 is 33.0 Å². The van der Waals surface area contributed by atoms with E-state index in [0.717, 1.165) is 35.7 Å². The summed E-state index contributed by atoms with van der Waals surface area (Å²) in [6.45, 7) is 2.79. The zero-order chi connectivity index (χ0) is 16.6. The van der Waals surface area contributed by atoms with Gasteiger partial charge in [-0.25, -0.2) is 17.8 Å². The molecule has 8 heteroatoms. The van der Waals surface area contributed by atoms with Crippen molar-refractivity contribution in [3.8, 4) is 0 Å². The lowest BCUT2D eigenvalue weighted by molar-refractivity contribution is 0.319. The maximum Gasteiger partial charge on any atom is 0.244 e. The number of aromatic nitrogens is 1. The van der Waals surface area contributed by atoms with E-state index in [2.05, 4.69) is 4.98 Å². The van der Waals surface area contributed by atoms with Crippen LogP contribution in [0.5, 0.6) is 0 Å². The molecule has 124 valence electrons. The molecule has 23 heavy (non-hydrogen) atoms. The summed E-state index contributed by atoms with van der Waals surface area (Å²) in [6, 6.07) is 3.37. The first-order valence-electron chi connectivity index (χ1n) is 7.25. The van der Waals surface area contributed by atoms with Crippen molar-refractivity contribution in [1.82, 2.24) is 9.29 Å². The molecule has 1 aromatic carbocycles. The first kappa shape index (κ1) is 16.8. The highest BCUT2D eigenvalue weighted by Gasteiger charge is 2.32. The molecule has 4 nitrogen and oxygen atoms in total. The Balaban J connectivity index is 1.76. The Morgan fingerprint density at radius 3 is 2.61 bits per heavy atom. The SMILES string of the molecule is Cc1csc(C2CCN(S(=O)(=O)c3ccc(F)cc3Cl)CC2)n1. The molecule has 0 amide bonds. The van der Waals surface area contributed by atoms with Gasteiger partial charge in [0.1, 0.15) is 10.7 Å². The third kappa shape index (κ3) is 3.42. The highest BCUT2D eigenvalue weighted by atomic mass is 35.5. The molecule has 0 unspecified atom stereocenters. The quantitative estimate of drug-likeness (QED) is 0.820. The predicted octanol–water partition coefficient (Wildman–Crippen LogP) is 3.81. The summed E-state index contributed by atoms with van der Waals surface area (Å²) in [6.07, 6.45) is 1.45. The molecule has 2 aromatic rings. The van der Waals surface area contributed by atoms with E-state index in [1.165, 1.54) is 10.4 Å². The maximum atomic E-state index is 13.1.